The zero-order chi connectivity index (χ0) is 17.4. The van der Waals surface area contributed by atoms with E-state index in [2.05, 4.69) is 15.3 Å². The molecule has 7 heteroatoms. The van der Waals surface area contributed by atoms with E-state index in [0.717, 1.165) is 15.8 Å². The van der Waals surface area contributed by atoms with Crippen LogP contribution < -0.4 is 5.32 Å². The van der Waals surface area contributed by atoms with Crippen LogP contribution in [0, 0.1) is 0 Å². The van der Waals surface area contributed by atoms with E-state index in [-0.39, 0.29) is 11.8 Å². The molecule has 1 aromatic carbocycles. The smallest absolute Gasteiger partial charge is 0.280 e. The van der Waals surface area contributed by atoms with Crippen molar-refractivity contribution in [2.75, 3.05) is 0 Å². The van der Waals surface area contributed by atoms with Crippen molar-refractivity contribution >= 4 is 27.5 Å². The van der Waals surface area contributed by atoms with Crippen LogP contribution in [0.1, 0.15) is 27.7 Å². The molecule has 2 heterocycles. The lowest BCUT2D eigenvalue weighted by atomic mass is 9.95. The Morgan fingerprint density at radius 2 is 2.04 bits per heavy atom. The van der Waals surface area contributed by atoms with Crippen molar-refractivity contribution in [2.24, 2.45) is 0 Å². The minimum Gasteiger partial charge on any atom is -0.390 e. The molecular weight excluding hydrogens is 338 g/mol. The van der Waals surface area contributed by atoms with Gasteiger partial charge in [-0.05, 0) is 30.2 Å². The summed E-state index contributed by atoms with van der Waals surface area (Å²) in [5.41, 5.74) is 1.65. The van der Waals surface area contributed by atoms with Crippen molar-refractivity contribution < 1.29 is 15.0 Å². The van der Waals surface area contributed by atoms with Gasteiger partial charge in [0.1, 0.15) is 6.10 Å². The summed E-state index contributed by atoms with van der Waals surface area (Å²) in [5.74, 6) is -0.537. The van der Waals surface area contributed by atoms with Gasteiger partial charge in [0.05, 0.1) is 22.4 Å². The highest BCUT2D eigenvalue weighted by atomic mass is 32.1. The number of hydrogen-bond donors (Lipinski definition) is 3. The number of nitrogens with one attached hydrogen (secondary N) is 1. The number of pyridine rings is 1. The molecule has 25 heavy (non-hydrogen) atoms. The minimum atomic E-state index is -1.02. The number of aliphatic hydroxyl groups excluding tert-OH is 2. The number of hydrogen-bond acceptors (Lipinski definition) is 6. The lowest BCUT2D eigenvalue weighted by Crippen LogP contribution is -2.45. The Bertz CT molecular complexity index is 866. The average molecular weight is 355 g/mol. The number of fused-ring (bicyclic) bond motifs is 1. The maximum atomic E-state index is 12.6. The van der Waals surface area contributed by atoms with Crippen LogP contribution in [-0.2, 0) is 0 Å². The average Bonchev–Trinajstić information content (AvgIpc) is 3.19. The number of benzene rings is 1. The van der Waals surface area contributed by atoms with Crippen LogP contribution >= 0.6 is 11.3 Å². The maximum Gasteiger partial charge on any atom is 0.280 e. The van der Waals surface area contributed by atoms with Crippen LogP contribution in [0.15, 0.2) is 48.8 Å². The number of nitrogens with zero attached hydrogens (tertiary/aromatic N) is 2. The Labute approximate surface area is 148 Å². The highest BCUT2D eigenvalue weighted by Crippen LogP contribution is 2.35. The van der Waals surface area contributed by atoms with E-state index < -0.39 is 18.2 Å². The fraction of sp³-hybridized carbons (Fsp3) is 0.278. The topological polar surface area (TPSA) is 95.3 Å². The molecule has 4 atom stereocenters. The Morgan fingerprint density at radius 1 is 1.20 bits per heavy atom. The van der Waals surface area contributed by atoms with Crippen LogP contribution in [0.3, 0.4) is 0 Å². The Kier molecular flexibility index (Phi) is 4.20. The van der Waals surface area contributed by atoms with Gasteiger partial charge in [0.15, 0.2) is 5.01 Å². The van der Waals surface area contributed by atoms with Gasteiger partial charge in [-0.15, -0.1) is 11.3 Å². The van der Waals surface area contributed by atoms with Crippen molar-refractivity contribution in [3.63, 3.8) is 0 Å². The molecule has 1 saturated carbocycles. The number of aliphatic hydroxyl groups is 2. The van der Waals surface area contributed by atoms with Gasteiger partial charge in [0, 0.05) is 18.3 Å². The van der Waals surface area contributed by atoms with Crippen LogP contribution in [0.5, 0.6) is 0 Å². The monoisotopic (exact) mass is 355 g/mol. The summed E-state index contributed by atoms with van der Waals surface area (Å²) in [5, 5.41) is 23.6. The van der Waals surface area contributed by atoms with Crippen molar-refractivity contribution in [3.05, 3.63) is 59.4 Å². The molecule has 1 aliphatic carbocycles. The first-order valence-electron chi connectivity index (χ1n) is 8.06. The molecule has 4 rings (SSSR count). The Balaban J connectivity index is 1.59. The molecule has 1 fully saturated rings. The Morgan fingerprint density at radius 3 is 2.80 bits per heavy atom. The van der Waals surface area contributed by atoms with Crippen LogP contribution in [0.25, 0.3) is 10.2 Å². The van der Waals surface area contributed by atoms with Crippen LogP contribution in [0.4, 0.5) is 0 Å². The van der Waals surface area contributed by atoms with E-state index in [1.54, 1.807) is 18.5 Å². The number of carbonyl (C=O) groups is 1. The summed E-state index contributed by atoms with van der Waals surface area (Å²) in [7, 11) is 0. The molecule has 128 valence electrons. The predicted molar refractivity (Wildman–Crippen MR) is 94.5 cm³/mol. The van der Waals surface area contributed by atoms with E-state index in [9.17, 15) is 15.0 Å². The number of aromatic nitrogens is 2. The molecule has 4 unspecified atom stereocenters. The molecule has 1 aliphatic rings. The first-order valence-corrected chi connectivity index (χ1v) is 8.87. The second-order valence-electron chi connectivity index (χ2n) is 6.17. The first kappa shape index (κ1) is 16.1. The van der Waals surface area contributed by atoms with E-state index in [0.29, 0.717) is 11.4 Å². The van der Waals surface area contributed by atoms with Crippen LogP contribution in [0.2, 0.25) is 0 Å². The van der Waals surface area contributed by atoms with E-state index in [1.807, 2.05) is 30.3 Å². The molecule has 2 aromatic heterocycles. The molecule has 3 N–H and O–H groups in total. The normalized spacial score (nSPS) is 26.0. The molecule has 0 radical (unpaired) electrons. The zero-order valence-electron chi connectivity index (χ0n) is 13.2. The van der Waals surface area contributed by atoms with Gasteiger partial charge in [-0.1, -0.05) is 18.2 Å². The number of carbonyl (C=O) groups excluding carboxylic acids is 1. The van der Waals surface area contributed by atoms with Gasteiger partial charge >= 0.3 is 0 Å². The number of thiazole rings is 1. The van der Waals surface area contributed by atoms with Gasteiger partial charge in [0.25, 0.3) is 5.91 Å². The highest BCUT2D eigenvalue weighted by Gasteiger charge is 2.43. The summed E-state index contributed by atoms with van der Waals surface area (Å²) in [6.07, 6.45) is 1.83. The van der Waals surface area contributed by atoms with Gasteiger partial charge in [0.2, 0.25) is 0 Å². The molecule has 3 aromatic rings. The molecular formula is C18H17N3O3S. The lowest BCUT2D eigenvalue weighted by Gasteiger charge is -2.23. The molecule has 6 nitrogen and oxygen atoms in total. The van der Waals surface area contributed by atoms with Gasteiger partial charge in [-0.2, -0.15) is 0 Å². The van der Waals surface area contributed by atoms with Gasteiger partial charge in [-0.25, -0.2) is 4.98 Å². The third-order valence-corrected chi connectivity index (χ3v) is 5.62. The first-order chi connectivity index (χ1) is 12.1. The highest BCUT2D eigenvalue weighted by molar-refractivity contribution is 7.20. The SMILES string of the molecule is O=C(NC1C(c2cccnc2)CC(O)C1O)c1nc2ccccc2s1. The van der Waals surface area contributed by atoms with Crippen molar-refractivity contribution in [1.29, 1.82) is 0 Å². The second kappa shape index (κ2) is 6.51. The van der Waals surface area contributed by atoms with Gasteiger partial charge in [-0.3, -0.25) is 9.78 Å². The summed E-state index contributed by atoms with van der Waals surface area (Å²) >= 11 is 1.31. The summed E-state index contributed by atoms with van der Waals surface area (Å²) in [4.78, 5) is 21.1. The molecule has 1 amide bonds. The van der Waals surface area contributed by atoms with Crippen molar-refractivity contribution in [3.8, 4) is 0 Å². The van der Waals surface area contributed by atoms with E-state index in [1.165, 1.54) is 11.3 Å². The van der Waals surface area contributed by atoms with Gasteiger partial charge < -0.3 is 15.5 Å². The summed E-state index contributed by atoms with van der Waals surface area (Å²) in [6, 6.07) is 10.7. The minimum absolute atomic E-state index is 0.197. The summed E-state index contributed by atoms with van der Waals surface area (Å²) in [6.45, 7) is 0. The molecule has 0 spiro atoms. The van der Waals surface area contributed by atoms with E-state index >= 15 is 0 Å². The predicted octanol–water partition coefficient (Wildman–Crippen LogP) is 1.70. The van der Waals surface area contributed by atoms with Crippen molar-refractivity contribution in [2.45, 2.75) is 30.6 Å². The number of amides is 1. The van der Waals surface area contributed by atoms with Crippen molar-refractivity contribution in [1.82, 2.24) is 15.3 Å². The largest absolute Gasteiger partial charge is 0.390 e. The third kappa shape index (κ3) is 3.02. The third-order valence-electron chi connectivity index (χ3n) is 4.59. The lowest BCUT2D eigenvalue weighted by molar-refractivity contribution is 0.0294. The fourth-order valence-electron chi connectivity index (χ4n) is 3.33. The maximum absolute atomic E-state index is 12.6. The Hall–Kier alpha value is -2.35. The standard InChI is InChI=1S/C18H17N3O3S/c22-13-8-11(10-4-3-7-19-9-10)15(16(13)23)21-17(24)18-20-12-5-1-2-6-14(12)25-18/h1-7,9,11,13,15-16,22-23H,8H2,(H,21,24). The number of rotatable bonds is 3. The molecule has 0 bridgehead atoms. The number of para-hydroxylation sites is 1. The fourth-order valence-corrected chi connectivity index (χ4v) is 4.20. The molecule has 0 saturated heterocycles. The van der Waals surface area contributed by atoms with E-state index in [4.69, 9.17) is 0 Å². The van der Waals surface area contributed by atoms with Crippen LogP contribution in [-0.4, -0.2) is 44.3 Å². The molecule has 0 aliphatic heterocycles. The second-order valence-corrected chi connectivity index (χ2v) is 7.20. The summed E-state index contributed by atoms with van der Waals surface area (Å²) < 4.78 is 0.934. The zero-order valence-corrected chi connectivity index (χ0v) is 14.1. The quantitative estimate of drug-likeness (QED) is 0.665.